The Bertz CT molecular complexity index is 3140. The highest BCUT2D eigenvalue weighted by atomic mass is 32.1. The maximum atomic E-state index is 2.48. The fourth-order valence-electron chi connectivity index (χ4n) is 9.18. The molecule has 0 saturated carbocycles. The van der Waals surface area contributed by atoms with Crippen molar-refractivity contribution in [3.05, 3.63) is 211 Å². The molecule has 11 rings (SSSR count). The highest BCUT2D eigenvalue weighted by molar-refractivity contribution is 7.25. The molecule has 0 amide bonds. The molecule has 0 spiro atoms. The number of hydrogen-bond acceptors (Lipinski definition) is 2. The van der Waals surface area contributed by atoms with Crippen LogP contribution in [0.15, 0.2) is 200 Å². The summed E-state index contributed by atoms with van der Waals surface area (Å²) < 4.78 is 2.59. The van der Waals surface area contributed by atoms with Crippen molar-refractivity contribution in [3.8, 4) is 44.5 Å². The molecule has 1 heterocycles. The van der Waals surface area contributed by atoms with Crippen LogP contribution < -0.4 is 4.90 Å². The first-order valence-corrected chi connectivity index (χ1v) is 20.6. The highest BCUT2D eigenvalue weighted by Crippen LogP contribution is 2.53. The second kappa shape index (κ2) is 13.2. The number of hydrogen-bond donors (Lipinski definition) is 0. The van der Waals surface area contributed by atoms with Crippen molar-refractivity contribution in [2.24, 2.45) is 0 Å². The van der Waals surface area contributed by atoms with Gasteiger partial charge in [-0.1, -0.05) is 159 Å². The molecule has 0 N–H and O–H groups in total. The van der Waals surface area contributed by atoms with E-state index in [4.69, 9.17) is 0 Å². The van der Waals surface area contributed by atoms with Gasteiger partial charge in [0.2, 0.25) is 0 Å². The Hall–Kier alpha value is -6.74. The van der Waals surface area contributed by atoms with E-state index in [0.717, 1.165) is 17.1 Å². The van der Waals surface area contributed by atoms with Gasteiger partial charge in [-0.25, -0.2) is 0 Å². The van der Waals surface area contributed by atoms with Crippen LogP contribution in [0, 0.1) is 0 Å². The summed E-state index contributed by atoms with van der Waals surface area (Å²) in [6, 6.07) is 74.0. The van der Waals surface area contributed by atoms with E-state index in [2.05, 4.69) is 219 Å². The van der Waals surface area contributed by atoms with E-state index in [1.807, 2.05) is 11.3 Å². The summed E-state index contributed by atoms with van der Waals surface area (Å²) in [4.78, 5) is 2.47. The molecule has 0 saturated heterocycles. The summed E-state index contributed by atoms with van der Waals surface area (Å²) in [6.07, 6.45) is 0. The molecule has 2 heteroatoms. The van der Waals surface area contributed by atoms with Gasteiger partial charge in [0.1, 0.15) is 0 Å². The SMILES string of the molecule is CC1(C)c2cc(-c3c(-c4ccccc4)cccc3N(c3ccc(-c4ccccc4)cc3)c3ccc4c(c3)sc3ccccc34)ccc2-c2cc3ccccc3cc21. The first kappa shape index (κ1) is 33.6. The van der Waals surface area contributed by atoms with Crippen molar-refractivity contribution in [1.29, 1.82) is 0 Å². The molecule has 0 unspecified atom stereocenters. The summed E-state index contributed by atoms with van der Waals surface area (Å²) in [7, 11) is 0. The summed E-state index contributed by atoms with van der Waals surface area (Å²) in [5, 5.41) is 5.18. The van der Waals surface area contributed by atoms with Gasteiger partial charge in [-0.15, -0.1) is 11.3 Å². The Kier molecular flexibility index (Phi) is 7.77. The normalized spacial score (nSPS) is 12.9. The van der Waals surface area contributed by atoms with Gasteiger partial charge in [-0.05, 0) is 115 Å². The Morgan fingerprint density at radius 2 is 1.00 bits per heavy atom. The molecule has 270 valence electrons. The van der Waals surface area contributed by atoms with Crippen LogP contribution in [-0.4, -0.2) is 0 Å². The predicted molar refractivity (Wildman–Crippen MR) is 245 cm³/mol. The smallest absolute Gasteiger partial charge is 0.0546 e. The lowest BCUT2D eigenvalue weighted by molar-refractivity contribution is 0.661. The van der Waals surface area contributed by atoms with Gasteiger partial charge in [0, 0.05) is 42.5 Å². The number of thiophene rings is 1. The van der Waals surface area contributed by atoms with Crippen LogP contribution in [0.2, 0.25) is 0 Å². The quantitative estimate of drug-likeness (QED) is 0.164. The van der Waals surface area contributed by atoms with E-state index in [1.165, 1.54) is 86.6 Å². The van der Waals surface area contributed by atoms with Crippen LogP contribution >= 0.6 is 11.3 Å². The molecule has 10 aromatic rings. The van der Waals surface area contributed by atoms with Gasteiger partial charge in [0.15, 0.2) is 0 Å². The molecular formula is C55H39NS. The highest BCUT2D eigenvalue weighted by Gasteiger charge is 2.36. The Morgan fingerprint density at radius 1 is 0.386 bits per heavy atom. The summed E-state index contributed by atoms with van der Waals surface area (Å²) in [5.41, 5.74) is 15.9. The average Bonchev–Trinajstić information content (AvgIpc) is 3.74. The van der Waals surface area contributed by atoms with E-state index < -0.39 is 0 Å². The Morgan fingerprint density at radius 3 is 1.79 bits per heavy atom. The number of benzene rings is 9. The number of anilines is 3. The standard InChI is InChI=1S/C55H39NS/c1-55(2)49-34-41(26-30-45(49)48-32-39-18-9-10-19-40(39)33-50(48)55)54-44(38-16-7-4-8-17-38)21-13-22-51(54)56(42-27-24-37(25-28-42)36-14-5-3-6-15-36)43-29-31-47-46-20-11-12-23-52(46)57-53(47)35-43/h3-35H,1-2H3. The summed E-state index contributed by atoms with van der Waals surface area (Å²) in [6.45, 7) is 4.78. The second-order valence-corrected chi connectivity index (χ2v) is 16.8. The van der Waals surface area contributed by atoms with Crippen molar-refractivity contribution in [1.82, 2.24) is 0 Å². The molecule has 0 aliphatic heterocycles. The lowest BCUT2D eigenvalue weighted by Gasteiger charge is -2.30. The zero-order chi connectivity index (χ0) is 38.1. The van der Waals surface area contributed by atoms with Crippen LogP contribution in [0.5, 0.6) is 0 Å². The summed E-state index contributed by atoms with van der Waals surface area (Å²) in [5.74, 6) is 0. The van der Waals surface area contributed by atoms with E-state index in [0.29, 0.717) is 0 Å². The minimum atomic E-state index is -0.161. The maximum Gasteiger partial charge on any atom is 0.0546 e. The van der Waals surface area contributed by atoms with Gasteiger partial charge in [-0.2, -0.15) is 0 Å². The molecular weight excluding hydrogens is 707 g/mol. The monoisotopic (exact) mass is 745 g/mol. The van der Waals surface area contributed by atoms with Crippen LogP contribution in [0.1, 0.15) is 25.0 Å². The first-order valence-electron chi connectivity index (χ1n) is 19.8. The van der Waals surface area contributed by atoms with Crippen LogP contribution in [0.3, 0.4) is 0 Å². The van der Waals surface area contributed by atoms with E-state index in [-0.39, 0.29) is 5.41 Å². The minimum Gasteiger partial charge on any atom is -0.310 e. The second-order valence-electron chi connectivity index (χ2n) is 15.7. The Balaban J connectivity index is 1.15. The van der Waals surface area contributed by atoms with E-state index >= 15 is 0 Å². The predicted octanol–water partition coefficient (Wildman–Crippen LogP) is 16.0. The average molecular weight is 746 g/mol. The molecule has 0 bridgehead atoms. The Labute approximate surface area is 337 Å². The van der Waals surface area contributed by atoms with Crippen molar-refractivity contribution in [2.75, 3.05) is 4.90 Å². The molecule has 0 radical (unpaired) electrons. The molecule has 9 aromatic carbocycles. The van der Waals surface area contributed by atoms with Crippen LogP contribution in [-0.2, 0) is 5.41 Å². The van der Waals surface area contributed by atoms with Gasteiger partial charge >= 0.3 is 0 Å². The number of nitrogens with zero attached hydrogens (tertiary/aromatic N) is 1. The molecule has 1 aliphatic rings. The third-order valence-electron chi connectivity index (χ3n) is 12.1. The van der Waals surface area contributed by atoms with Crippen molar-refractivity contribution in [2.45, 2.75) is 19.3 Å². The molecule has 0 fully saturated rings. The van der Waals surface area contributed by atoms with E-state index in [9.17, 15) is 0 Å². The van der Waals surface area contributed by atoms with Gasteiger partial charge in [-0.3, -0.25) is 0 Å². The fraction of sp³-hybridized carbons (Fsp3) is 0.0545. The van der Waals surface area contributed by atoms with Gasteiger partial charge in [0.25, 0.3) is 0 Å². The molecule has 57 heavy (non-hydrogen) atoms. The van der Waals surface area contributed by atoms with Crippen LogP contribution in [0.4, 0.5) is 17.1 Å². The maximum absolute atomic E-state index is 2.48. The molecule has 1 aromatic heterocycles. The van der Waals surface area contributed by atoms with Crippen molar-refractivity contribution >= 4 is 59.3 Å². The zero-order valence-corrected chi connectivity index (χ0v) is 32.7. The molecule has 0 atom stereocenters. The number of fused-ring (bicyclic) bond motifs is 7. The van der Waals surface area contributed by atoms with Crippen LogP contribution in [0.25, 0.3) is 75.5 Å². The summed E-state index contributed by atoms with van der Waals surface area (Å²) >= 11 is 1.87. The van der Waals surface area contributed by atoms with E-state index in [1.54, 1.807) is 0 Å². The molecule has 1 nitrogen and oxygen atoms in total. The lowest BCUT2D eigenvalue weighted by Crippen LogP contribution is -2.15. The minimum absolute atomic E-state index is 0.161. The topological polar surface area (TPSA) is 3.24 Å². The third kappa shape index (κ3) is 5.51. The van der Waals surface area contributed by atoms with Crippen molar-refractivity contribution in [3.63, 3.8) is 0 Å². The largest absolute Gasteiger partial charge is 0.310 e. The first-order chi connectivity index (χ1) is 28.0. The van der Waals surface area contributed by atoms with Gasteiger partial charge in [0.05, 0.1) is 5.69 Å². The molecule has 1 aliphatic carbocycles. The third-order valence-corrected chi connectivity index (χ3v) is 13.2. The lowest BCUT2D eigenvalue weighted by atomic mass is 9.80. The number of rotatable bonds is 6. The zero-order valence-electron chi connectivity index (χ0n) is 31.9. The fourth-order valence-corrected chi connectivity index (χ4v) is 10.3. The van der Waals surface area contributed by atoms with Crippen molar-refractivity contribution < 1.29 is 0 Å². The van der Waals surface area contributed by atoms with Gasteiger partial charge < -0.3 is 4.90 Å².